The zero-order valence-electron chi connectivity index (χ0n) is 16.9. The molecule has 3 aromatic heterocycles. The number of halogens is 3. The Morgan fingerprint density at radius 3 is 1.81 bits per heavy atom. The Bertz CT molecular complexity index is 991. The fraction of sp³-hybridized carbons (Fsp3) is 0.273. The molecule has 0 spiro atoms. The molecule has 0 saturated carbocycles. The molecule has 31 heavy (non-hydrogen) atoms. The first kappa shape index (κ1) is 28.1. The van der Waals surface area contributed by atoms with E-state index in [9.17, 15) is 18.3 Å². The van der Waals surface area contributed by atoms with Crippen LogP contribution in [0, 0.1) is 49.4 Å². The second-order valence-corrected chi connectivity index (χ2v) is 7.02. The van der Waals surface area contributed by atoms with Gasteiger partial charge in [-0.2, -0.15) is 13.2 Å². The number of fused-ring (bicyclic) bond motifs is 3. The molecule has 0 aliphatic heterocycles. The Kier molecular flexibility index (Phi) is 12.3. The molecule has 4 aromatic rings. The van der Waals surface area contributed by atoms with Gasteiger partial charge in [0.1, 0.15) is 0 Å². The summed E-state index contributed by atoms with van der Waals surface area (Å²) >= 11 is 1.16. The van der Waals surface area contributed by atoms with Crippen molar-refractivity contribution in [2.45, 2.75) is 38.7 Å². The van der Waals surface area contributed by atoms with E-state index in [1.54, 1.807) is 23.8 Å². The largest absolute Gasteiger partial charge is 0.414 e. The van der Waals surface area contributed by atoms with Crippen LogP contribution in [0.2, 0.25) is 0 Å². The minimum atomic E-state index is -4.67. The minimum absolute atomic E-state index is 0. The van der Waals surface area contributed by atoms with Crippen LogP contribution in [0.25, 0.3) is 21.8 Å². The number of hydrogen-bond donors (Lipinski definition) is 2. The Hall–Kier alpha value is -0.966. The van der Waals surface area contributed by atoms with Gasteiger partial charge in [0, 0.05) is 83.8 Å². The third kappa shape index (κ3) is 8.15. The van der Waals surface area contributed by atoms with Gasteiger partial charge in [0.05, 0.1) is 17.1 Å². The van der Waals surface area contributed by atoms with E-state index < -0.39 is 24.8 Å². The third-order valence-electron chi connectivity index (χ3n) is 4.04. The van der Waals surface area contributed by atoms with Gasteiger partial charge >= 0.3 is 6.18 Å². The van der Waals surface area contributed by atoms with Crippen molar-refractivity contribution in [3.8, 4) is 0 Å². The summed E-state index contributed by atoms with van der Waals surface area (Å²) in [6, 6.07) is 15.3. The molecule has 4 nitrogen and oxygen atoms in total. The number of pyridine rings is 2. The van der Waals surface area contributed by atoms with E-state index in [-0.39, 0.29) is 49.4 Å². The zero-order valence-corrected chi connectivity index (χ0v) is 20.2. The number of benzene rings is 1. The molecule has 1 aromatic carbocycles. The zero-order chi connectivity index (χ0) is 22.1. The van der Waals surface area contributed by atoms with Crippen LogP contribution in [0.4, 0.5) is 13.2 Å². The molecule has 2 unspecified atom stereocenters. The number of nitrogens with zero attached hydrogens (tertiary/aromatic N) is 2. The van der Waals surface area contributed by atoms with Gasteiger partial charge in [-0.1, -0.05) is 44.2 Å². The molecular weight excluding hydrogens is 565 g/mol. The molecule has 0 saturated heterocycles. The van der Waals surface area contributed by atoms with E-state index in [4.69, 9.17) is 5.11 Å². The van der Waals surface area contributed by atoms with Crippen molar-refractivity contribution in [3.05, 3.63) is 71.2 Å². The van der Waals surface area contributed by atoms with Crippen molar-refractivity contribution in [1.29, 1.82) is 0 Å². The molecule has 4 rings (SSSR count). The van der Waals surface area contributed by atoms with Gasteiger partial charge in [0.25, 0.3) is 0 Å². The molecule has 9 heteroatoms. The maximum Gasteiger partial charge on any atom is 0.414 e. The molecule has 2 atom stereocenters. The van der Waals surface area contributed by atoms with E-state index in [1.807, 2.05) is 26.0 Å². The molecule has 1 radical (unpaired) electrons. The summed E-state index contributed by atoms with van der Waals surface area (Å²) in [5.41, 5.74) is 1.95. The second kappa shape index (κ2) is 13.6. The van der Waals surface area contributed by atoms with Crippen molar-refractivity contribution in [3.63, 3.8) is 0 Å². The van der Waals surface area contributed by atoms with Gasteiger partial charge in [-0.3, -0.25) is 9.97 Å². The van der Waals surface area contributed by atoms with Crippen LogP contribution in [0.5, 0.6) is 0 Å². The predicted molar refractivity (Wildman–Crippen MR) is 114 cm³/mol. The van der Waals surface area contributed by atoms with E-state index in [1.165, 1.54) is 6.07 Å². The number of aliphatic hydroxyl groups is 2. The van der Waals surface area contributed by atoms with Crippen LogP contribution in [0.1, 0.15) is 31.2 Å². The summed E-state index contributed by atoms with van der Waals surface area (Å²) in [5.74, 6) is 0. The van der Waals surface area contributed by atoms with Gasteiger partial charge in [-0.15, -0.1) is 11.3 Å². The number of hydrogen-bond acceptors (Lipinski definition) is 5. The summed E-state index contributed by atoms with van der Waals surface area (Å²) < 4.78 is 35.7. The first-order valence-corrected chi connectivity index (χ1v) is 10.3. The summed E-state index contributed by atoms with van der Waals surface area (Å²) in [7, 11) is 0. The SMILES string of the molecule is CC.OC(CC(O)C(F)(F)F)c1cccs1.[Eu].c1cnc2c(c1)ccc1cccnc12. The quantitative estimate of drug-likeness (QED) is 0.293. The van der Waals surface area contributed by atoms with E-state index in [0.717, 1.165) is 33.1 Å². The van der Waals surface area contributed by atoms with Crippen LogP contribution < -0.4 is 0 Å². The normalized spacial score (nSPS) is 12.6. The molecule has 3 heterocycles. The molecule has 0 fully saturated rings. The Labute approximate surface area is 223 Å². The van der Waals surface area contributed by atoms with Crippen molar-refractivity contribution >= 4 is 33.1 Å². The van der Waals surface area contributed by atoms with Crippen molar-refractivity contribution in [1.82, 2.24) is 9.97 Å². The Balaban J connectivity index is 0.000000279. The Morgan fingerprint density at radius 2 is 1.39 bits per heavy atom. The smallest absolute Gasteiger partial charge is 0.387 e. The van der Waals surface area contributed by atoms with Crippen LogP contribution in [0.15, 0.2) is 66.3 Å². The predicted octanol–water partition coefficient (Wildman–Crippen LogP) is 5.90. The van der Waals surface area contributed by atoms with Gasteiger partial charge < -0.3 is 10.2 Å². The van der Waals surface area contributed by atoms with Crippen LogP contribution in [0.3, 0.4) is 0 Å². The molecular formula is C22H23EuF3N2O2S. The van der Waals surface area contributed by atoms with Crippen LogP contribution in [-0.4, -0.2) is 32.5 Å². The number of thiophene rings is 1. The van der Waals surface area contributed by atoms with E-state index >= 15 is 0 Å². The number of aromatic nitrogens is 2. The van der Waals surface area contributed by atoms with Crippen LogP contribution in [-0.2, 0) is 0 Å². The molecule has 0 aliphatic rings. The molecule has 2 N–H and O–H groups in total. The summed E-state index contributed by atoms with van der Waals surface area (Å²) in [5, 5.41) is 21.9. The van der Waals surface area contributed by atoms with Gasteiger partial charge in [0.15, 0.2) is 6.10 Å². The summed E-state index contributed by atoms with van der Waals surface area (Å²) in [4.78, 5) is 9.12. The van der Waals surface area contributed by atoms with Gasteiger partial charge in [-0.05, 0) is 23.6 Å². The van der Waals surface area contributed by atoms with Crippen LogP contribution >= 0.6 is 11.3 Å². The average molecular weight is 588 g/mol. The number of aliphatic hydroxyl groups excluding tert-OH is 2. The fourth-order valence-corrected chi connectivity index (χ4v) is 3.35. The average Bonchev–Trinajstić information content (AvgIpc) is 3.30. The molecule has 167 valence electrons. The number of rotatable bonds is 3. The topological polar surface area (TPSA) is 66.2 Å². The van der Waals surface area contributed by atoms with Crippen molar-refractivity contribution in [2.75, 3.05) is 0 Å². The van der Waals surface area contributed by atoms with E-state index in [2.05, 4.69) is 34.2 Å². The van der Waals surface area contributed by atoms with Crippen molar-refractivity contribution in [2.24, 2.45) is 0 Å². The maximum absolute atomic E-state index is 11.9. The number of alkyl halides is 3. The molecule has 0 bridgehead atoms. The standard InChI is InChI=1S/C12H8N2.C8H9F3O2S.C2H6.Eu/c1-3-9-5-6-10-4-2-8-14-12(10)11(9)13-7-1;9-8(10,11)7(13)4-5(12)6-2-1-3-14-6;1-2;/h1-8H;1-3,5,7,12-13H,4H2;1-2H3;. The first-order chi connectivity index (χ1) is 14.4. The third-order valence-corrected chi connectivity index (χ3v) is 5.01. The van der Waals surface area contributed by atoms with Crippen molar-refractivity contribution < 1.29 is 72.8 Å². The fourth-order valence-electron chi connectivity index (χ4n) is 2.62. The summed E-state index contributed by atoms with van der Waals surface area (Å²) in [6.45, 7) is 4.00. The van der Waals surface area contributed by atoms with Gasteiger partial charge in [0.2, 0.25) is 0 Å². The van der Waals surface area contributed by atoms with Gasteiger partial charge in [-0.25, -0.2) is 0 Å². The molecule has 0 amide bonds. The molecule has 0 aliphatic carbocycles. The van der Waals surface area contributed by atoms with E-state index in [0.29, 0.717) is 4.88 Å². The second-order valence-electron chi connectivity index (χ2n) is 6.04. The summed E-state index contributed by atoms with van der Waals surface area (Å²) in [6.07, 6.45) is -5.51. The monoisotopic (exact) mass is 589 g/mol. The minimum Gasteiger partial charge on any atom is -0.387 e. The Morgan fingerprint density at radius 1 is 0.871 bits per heavy atom. The maximum atomic E-state index is 11.9. The first-order valence-electron chi connectivity index (χ1n) is 9.41.